The summed E-state index contributed by atoms with van der Waals surface area (Å²) in [7, 11) is -0.424. The zero-order valence-electron chi connectivity index (χ0n) is 26.6. The molecule has 228 valence electrons. The Hall–Kier alpha value is -4.82. The number of aromatic nitrogens is 2. The minimum Gasteiger partial charge on any atom is -0.456 e. The molecular weight excluding hydrogens is 599 g/mol. The molecule has 0 atom stereocenters. The highest BCUT2D eigenvalue weighted by Gasteiger charge is 2.51. The number of benzene rings is 5. The molecule has 5 nitrogen and oxygen atoms in total. The second-order valence-corrected chi connectivity index (χ2v) is 14.3. The van der Waals surface area contributed by atoms with Crippen molar-refractivity contribution in [3.8, 4) is 33.8 Å². The molecule has 0 N–H and O–H groups in total. The summed E-state index contributed by atoms with van der Waals surface area (Å²) in [5.41, 5.74) is 8.00. The second-order valence-electron chi connectivity index (χ2n) is 13.3. The Bertz CT molecular complexity index is 2480. The smallest absolute Gasteiger partial charge is 0.456 e. The Morgan fingerprint density at radius 2 is 1.30 bits per heavy atom. The lowest BCUT2D eigenvalue weighted by atomic mass is 9.78. The van der Waals surface area contributed by atoms with Crippen LogP contribution in [-0.2, 0) is 9.31 Å². The van der Waals surface area contributed by atoms with Crippen molar-refractivity contribution in [2.75, 3.05) is 0 Å². The maximum atomic E-state index is 6.37. The first-order chi connectivity index (χ1) is 22.7. The maximum absolute atomic E-state index is 6.37. The fourth-order valence-corrected chi connectivity index (χ4v) is 7.60. The largest absolute Gasteiger partial charge is 0.494 e. The molecule has 1 fully saturated rings. The van der Waals surface area contributed by atoms with Crippen molar-refractivity contribution in [2.45, 2.75) is 38.9 Å². The summed E-state index contributed by atoms with van der Waals surface area (Å²) < 4.78 is 21.3. The normalized spacial score (nSPS) is 15.8. The Morgan fingerprint density at radius 1 is 0.574 bits per heavy atom. The van der Waals surface area contributed by atoms with Gasteiger partial charge in [0.1, 0.15) is 11.2 Å². The van der Waals surface area contributed by atoms with Gasteiger partial charge in [-0.25, -0.2) is 9.97 Å². The first-order valence-electron chi connectivity index (χ1n) is 15.9. The third kappa shape index (κ3) is 4.61. The molecule has 7 heteroatoms. The van der Waals surface area contributed by atoms with E-state index in [1.165, 1.54) is 4.70 Å². The molecule has 4 heterocycles. The van der Waals surface area contributed by atoms with Crippen molar-refractivity contribution in [3.05, 3.63) is 115 Å². The van der Waals surface area contributed by atoms with Crippen molar-refractivity contribution in [1.29, 1.82) is 0 Å². The van der Waals surface area contributed by atoms with Gasteiger partial charge in [-0.1, -0.05) is 84.9 Å². The van der Waals surface area contributed by atoms with Gasteiger partial charge in [-0.2, -0.15) is 0 Å². The lowest BCUT2D eigenvalue weighted by Crippen LogP contribution is -2.41. The molecule has 1 saturated heterocycles. The van der Waals surface area contributed by atoms with E-state index in [0.717, 1.165) is 71.0 Å². The van der Waals surface area contributed by atoms with Gasteiger partial charge in [-0.05, 0) is 74.6 Å². The van der Waals surface area contributed by atoms with Gasteiger partial charge in [0.25, 0.3) is 0 Å². The lowest BCUT2D eigenvalue weighted by molar-refractivity contribution is 0.00578. The highest BCUT2D eigenvalue weighted by molar-refractivity contribution is 7.26. The van der Waals surface area contributed by atoms with Crippen molar-refractivity contribution >= 4 is 66.2 Å². The zero-order valence-corrected chi connectivity index (χ0v) is 27.4. The highest BCUT2D eigenvalue weighted by atomic mass is 32.1. The molecule has 8 aromatic rings. The van der Waals surface area contributed by atoms with Crippen LogP contribution in [0.5, 0.6) is 0 Å². The Labute approximate surface area is 277 Å². The van der Waals surface area contributed by atoms with Gasteiger partial charge in [-0.3, -0.25) is 0 Å². The van der Waals surface area contributed by atoms with Crippen LogP contribution in [0.1, 0.15) is 27.7 Å². The maximum Gasteiger partial charge on any atom is 0.494 e. The zero-order chi connectivity index (χ0) is 31.9. The summed E-state index contributed by atoms with van der Waals surface area (Å²) in [4.78, 5) is 10.3. The van der Waals surface area contributed by atoms with Crippen LogP contribution >= 0.6 is 11.3 Å². The Kier molecular flexibility index (Phi) is 6.25. The van der Waals surface area contributed by atoms with Gasteiger partial charge in [0.2, 0.25) is 0 Å². The van der Waals surface area contributed by atoms with Crippen LogP contribution in [0.4, 0.5) is 0 Å². The summed E-state index contributed by atoms with van der Waals surface area (Å²) in [6.45, 7) is 8.30. The second kappa shape index (κ2) is 10.3. The Balaban J connectivity index is 1.12. The van der Waals surface area contributed by atoms with Gasteiger partial charge in [-0.15, -0.1) is 11.3 Å². The van der Waals surface area contributed by atoms with E-state index in [-0.39, 0.29) is 0 Å². The summed E-state index contributed by atoms with van der Waals surface area (Å²) in [5, 5.41) is 3.26. The van der Waals surface area contributed by atoms with Gasteiger partial charge in [0, 0.05) is 32.0 Å². The first-order valence-corrected chi connectivity index (χ1v) is 16.7. The number of rotatable bonds is 4. The lowest BCUT2D eigenvalue weighted by Gasteiger charge is -2.32. The summed E-state index contributed by atoms with van der Waals surface area (Å²) in [6, 6.07) is 39.9. The fraction of sp³-hybridized carbons (Fsp3) is 0.150. The van der Waals surface area contributed by atoms with E-state index >= 15 is 0 Å². The van der Waals surface area contributed by atoms with E-state index in [2.05, 4.69) is 125 Å². The number of hydrogen-bond acceptors (Lipinski definition) is 6. The highest BCUT2D eigenvalue weighted by Crippen LogP contribution is 2.40. The van der Waals surface area contributed by atoms with Crippen molar-refractivity contribution < 1.29 is 13.7 Å². The number of hydrogen-bond donors (Lipinski definition) is 0. The Morgan fingerprint density at radius 3 is 2.13 bits per heavy atom. The molecule has 0 unspecified atom stereocenters. The molecule has 1 aliphatic rings. The van der Waals surface area contributed by atoms with Gasteiger partial charge in [0.05, 0.1) is 27.1 Å². The van der Waals surface area contributed by atoms with E-state index in [1.807, 2.05) is 18.2 Å². The van der Waals surface area contributed by atoms with Crippen LogP contribution in [0, 0.1) is 0 Å². The molecule has 0 aliphatic carbocycles. The number of thiophene rings is 1. The molecule has 0 spiro atoms. The summed E-state index contributed by atoms with van der Waals surface area (Å²) in [6.07, 6.45) is 0. The minimum absolute atomic E-state index is 0.397. The van der Waals surface area contributed by atoms with Crippen LogP contribution in [0.25, 0.3) is 76.0 Å². The molecule has 0 radical (unpaired) electrons. The van der Waals surface area contributed by atoms with Gasteiger partial charge in [0.15, 0.2) is 5.82 Å². The van der Waals surface area contributed by atoms with E-state index in [9.17, 15) is 0 Å². The van der Waals surface area contributed by atoms with Gasteiger partial charge >= 0.3 is 7.12 Å². The number of furan rings is 1. The number of nitrogens with zero attached hydrogens (tertiary/aromatic N) is 2. The third-order valence-electron chi connectivity index (χ3n) is 9.74. The molecule has 0 bridgehead atoms. The van der Waals surface area contributed by atoms with Crippen molar-refractivity contribution in [1.82, 2.24) is 9.97 Å². The molecule has 1 aliphatic heterocycles. The van der Waals surface area contributed by atoms with E-state index in [0.29, 0.717) is 5.82 Å². The van der Waals surface area contributed by atoms with Crippen LogP contribution in [0.15, 0.2) is 120 Å². The number of fused-ring (bicyclic) bond motifs is 6. The molecule has 0 amide bonds. The molecular formula is C40H31BN2O3S. The molecule has 3 aromatic heterocycles. The SMILES string of the molecule is CC1(C)OB(c2ccc3oc4cc(-c5cccc(-c6nc(-c7ccccc7)c7sc8ccccc8c7n6)c5)ccc4c3c2)OC1(C)C. The third-order valence-corrected chi connectivity index (χ3v) is 10.9. The molecule has 9 rings (SSSR count). The molecule has 47 heavy (non-hydrogen) atoms. The van der Waals surface area contributed by atoms with Crippen molar-refractivity contribution in [3.63, 3.8) is 0 Å². The average molecular weight is 631 g/mol. The monoisotopic (exact) mass is 630 g/mol. The topological polar surface area (TPSA) is 57.4 Å². The van der Waals surface area contributed by atoms with E-state index < -0.39 is 18.3 Å². The molecule has 0 saturated carbocycles. The summed E-state index contributed by atoms with van der Waals surface area (Å²) in [5.74, 6) is 0.710. The van der Waals surface area contributed by atoms with Crippen LogP contribution in [-0.4, -0.2) is 28.3 Å². The fourth-order valence-electron chi connectivity index (χ4n) is 6.45. The van der Waals surface area contributed by atoms with Crippen LogP contribution < -0.4 is 5.46 Å². The quantitative estimate of drug-likeness (QED) is 0.181. The first kappa shape index (κ1) is 28.4. The van der Waals surface area contributed by atoms with Gasteiger partial charge < -0.3 is 13.7 Å². The van der Waals surface area contributed by atoms with E-state index in [1.54, 1.807) is 11.3 Å². The average Bonchev–Trinajstić information content (AvgIpc) is 3.72. The van der Waals surface area contributed by atoms with Crippen molar-refractivity contribution in [2.24, 2.45) is 0 Å². The predicted molar refractivity (Wildman–Crippen MR) is 194 cm³/mol. The standard InChI is InChI=1S/C40H31BN2O3S/c1-39(2)40(3,4)46-41(45-39)28-18-20-32-31(23-28)29-19-17-26(22-33(29)44-32)25-13-10-14-27(21-25)38-42-35(24-11-6-5-7-12-24)37-36(43-38)30-15-8-9-16-34(30)47-37/h5-23H,1-4H3. The van der Waals surface area contributed by atoms with E-state index in [4.69, 9.17) is 23.7 Å². The van der Waals surface area contributed by atoms with Crippen LogP contribution in [0.2, 0.25) is 0 Å². The minimum atomic E-state index is -0.424. The van der Waals surface area contributed by atoms with Crippen LogP contribution in [0.3, 0.4) is 0 Å². The summed E-state index contributed by atoms with van der Waals surface area (Å²) >= 11 is 1.75. The molecule has 5 aromatic carbocycles. The predicted octanol–water partition coefficient (Wildman–Crippen LogP) is 10.0.